The van der Waals surface area contributed by atoms with E-state index in [-0.39, 0.29) is 5.76 Å². The van der Waals surface area contributed by atoms with Gasteiger partial charge in [-0.25, -0.2) is 4.79 Å². The average molecular weight is 129 g/mol. The highest BCUT2D eigenvalue weighted by atomic mass is 16.5. The van der Waals surface area contributed by atoms with Crippen LogP contribution in [0.25, 0.3) is 0 Å². The third-order valence-corrected chi connectivity index (χ3v) is 0.972. The van der Waals surface area contributed by atoms with Crippen molar-refractivity contribution in [2.24, 2.45) is 0 Å². The van der Waals surface area contributed by atoms with E-state index in [2.05, 4.69) is 0 Å². The molecule has 4 nitrogen and oxygen atoms in total. The van der Waals surface area contributed by atoms with Gasteiger partial charge in [-0.3, -0.25) is 0 Å². The highest BCUT2D eigenvalue weighted by molar-refractivity contribution is 5.84. The summed E-state index contributed by atoms with van der Waals surface area (Å²) < 4.78 is 4.71. The fourth-order valence-electron chi connectivity index (χ4n) is 0.563. The SMILES string of the molecule is CN1C=C(C(=O)O)OC1. The molecule has 0 aromatic heterocycles. The molecule has 1 aliphatic heterocycles. The number of nitrogens with zero attached hydrogens (tertiary/aromatic N) is 1. The molecule has 9 heavy (non-hydrogen) atoms. The van der Waals surface area contributed by atoms with Crippen LogP contribution in [-0.2, 0) is 9.53 Å². The largest absolute Gasteiger partial charge is 0.475 e. The second-order valence-corrected chi connectivity index (χ2v) is 1.83. The van der Waals surface area contributed by atoms with Gasteiger partial charge in [0.15, 0.2) is 6.73 Å². The topological polar surface area (TPSA) is 49.8 Å². The fraction of sp³-hybridized carbons (Fsp3) is 0.400. The maximum atomic E-state index is 10.1. The van der Waals surface area contributed by atoms with E-state index in [1.807, 2.05) is 0 Å². The van der Waals surface area contributed by atoms with Crippen LogP contribution in [-0.4, -0.2) is 29.8 Å². The van der Waals surface area contributed by atoms with Gasteiger partial charge in [0.1, 0.15) is 0 Å². The first-order chi connectivity index (χ1) is 4.20. The predicted molar refractivity (Wildman–Crippen MR) is 29.4 cm³/mol. The van der Waals surface area contributed by atoms with Crippen molar-refractivity contribution in [1.29, 1.82) is 0 Å². The molecule has 0 unspecified atom stereocenters. The quantitative estimate of drug-likeness (QED) is 0.534. The number of hydrogen-bond acceptors (Lipinski definition) is 3. The molecule has 0 saturated carbocycles. The van der Waals surface area contributed by atoms with E-state index in [9.17, 15) is 4.79 Å². The third kappa shape index (κ3) is 1.13. The minimum Gasteiger partial charge on any atom is -0.475 e. The monoisotopic (exact) mass is 129 g/mol. The zero-order chi connectivity index (χ0) is 6.85. The van der Waals surface area contributed by atoms with Crippen LogP contribution in [0.3, 0.4) is 0 Å². The summed E-state index contributed by atoms with van der Waals surface area (Å²) in [5.41, 5.74) is 0. The summed E-state index contributed by atoms with van der Waals surface area (Å²) in [6.45, 7) is 0.335. The van der Waals surface area contributed by atoms with Crippen molar-refractivity contribution in [2.45, 2.75) is 0 Å². The normalized spacial score (nSPS) is 17.0. The lowest BCUT2D eigenvalue weighted by atomic mass is 10.5. The second-order valence-electron chi connectivity index (χ2n) is 1.83. The molecule has 0 amide bonds. The Labute approximate surface area is 52.3 Å². The van der Waals surface area contributed by atoms with Crippen LogP contribution in [0.2, 0.25) is 0 Å². The third-order valence-electron chi connectivity index (χ3n) is 0.972. The molecule has 1 N–H and O–H groups in total. The van der Waals surface area contributed by atoms with E-state index in [4.69, 9.17) is 9.84 Å². The van der Waals surface area contributed by atoms with Crippen molar-refractivity contribution in [1.82, 2.24) is 4.90 Å². The number of ether oxygens (including phenoxy) is 1. The maximum Gasteiger partial charge on any atom is 0.372 e. The van der Waals surface area contributed by atoms with Crippen LogP contribution in [0.15, 0.2) is 12.0 Å². The Hall–Kier alpha value is -1.19. The van der Waals surface area contributed by atoms with Gasteiger partial charge in [0.25, 0.3) is 0 Å². The van der Waals surface area contributed by atoms with E-state index < -0.39 is 5.97 Å². The molecular formula is C5H7NO3. The van der Waals surface area contributed by atoms with Gasteiger partial charge in [0, 0.05) is 7.05 Å². The van der Waals surface area contributed by atoms with Crippen LogP contribution in [0, 0.1) is 0 Å². The number of hydrogen-bond donors (Lipinski definition) is 1. The molecule has 0 aromatic rings. The second kappa shape index (κ2) is 1.97. The van der Waals surface area contributed by atoms with Crippen molar-refractivity contribution in [3.8, 4) is 0 Å². The molecular weight excluding hydrogens is 122 g/mol. The summed E-state index contributed by atoms with van der Waals surface area (Å²) in [5.74, 6) is -1.00. The number of carboxylic acids is 1. The number of rotatable bonds is 1. The lowest BCUT2D eigenvalue weighted by molar-refractivity contribution is -0.136. The van der Waals surface area contributed by atoms with E-state index in [0.29, 0.717) is 6.73 Å². The van der Waals surface area contributed by atoms with Crippen molar-refractivity contribution in [3.63, 3.8) is 0 Å². The van der Waals surface area contributed by atoms with Gasteiger partial charge in [-0.2, -0.15) is 0 Å². The minimum atomic E-state index is -1.01. The molecule has 0 saturated heterocycles. The van der Waals surface area contributed by atoms with Crippen LogP contribution < -0.4 is 0 Å². The Kier molecular flexibility index (Phi) is 1.30. The Bertz CT molecular complexity index is 164. The van der Waals surface area contributed by atoms with Crippen LogP contribution >= 0.6 is 0 Å². The molecule has 4 heteroatoms. The van der Waals surface area contributed by atoms with Gasteiger partial charge >= 0.3 is 5.97 Å². The predicted octanol–water partition coefficient (Wildman–Crippen LogP) is -0.168. The van der Waals surface area contributed by atoms with Crippen LogP contribution in [0.4, 0.5) is 0 Å². The number of aliphatic carboxylic acids is 1. The van der Waals surface area contributed by atoms with Crippen molar-refractivity contribution in [2.75, 3.05) is 13.8 Å². The first kappa shape index (κ1) is 5.94. The van der Waals surface area contributed by atoms with Crippen LogP contribution in [0.5, 0.6) is 0 Å². The molecule has 1 aliphatic rings. The molecule has 0 radical (unpaired) electrons. The van der Waals surface area contributed by atoms with Gasteiger partial charge in [-0.1, -0.05) is 0 Å². The number of carboxylic acid groups (broad SMARTS) is 1. The van der Waals surface area contributed by atoms with Crippen LogP contribution in [0.1, 0.15) is 0 Å². The van der Waals surface area contributed by atoms with Crippen molar-refractivity contribution in [3.05, 3.63) is 12.0 Å². The average Bonchev–Trinajstić information content (AvgIpc) is 2.14. The zero-order valence-electron chi connectivity index (χ0n) is 5.00. The van der Waals surface area contributed by atoms with Crippen molar-refractivity contribution >= 4 is 5.97 Å². The smallest absolute Gasteiger partial charge is 0.372 e. The summed E-state index contributed by atoms with van der Waals surface area (Å²) in [5, 5.41) is 8.31. The van der Waals surface area contributed by atoms with Gasteiger partial charge < -0.3 is 14.7 Å². The fourth-order valence-corrected chi connectivity index (χ4v) is 0.563. The Morgan fingerprint density at radius 2 is 2.67 bits per heavy atom. The zero-order valence-corrected chi connectivity index (χ0v) is 5.00. The van der Waals surface area contributed by atoms with Gasteiger partial charge in [-0.15, -0.1) is 0 Å². The summed E-state index contributed by atoms with van der Waals surface area (Å²) >= 11 is 0. The molecule has 0 atom stereocenters. The lowest BCUT2D eigenvalue weighted by Crippen LogP contribution is -2.06. The van der Waals surface area contributed by atoms with Gasteiger partial charge in [-0.05, 0) is 0 Å². The van der Waals surface area contributed by atoms with E-state index >= 15 is 0 Å². The minimum absolute atomic E-state index is 0.0116. The Balaban J connectivity index is 2.62. The van der Waals surface area contributed by atoms with E-state index in [1.54, 1.807) is 11.9 Å². The standard InChI is InChI=1S/C5H7NO3/c1-6-2-4(5(7)8)9-3-6/h2H,3H2,1H3,(H,7,8). The van der Waals surface area contributed by atoms with E-state index in [0.717, 1.165) is 0 Å². The summed E-state index contributed by atoms with van der Waals surface area (Å²) in [7, 11) is 1.75. The Morgan fingerprint density at radius 3 is 2.89 bits per heavy atom. The molecule has 0 spiro atoms. The Morgan fingerprint density at radius 1 is 2.00 bits per heavy atom. The van der Waals surface area contributed by atoms with Crippen molar-refractivity contribution < 1.29 is 14.6 Å². The maximum absolute atomic E-state index is 10.1. The molecule has 0 aromatic carbocycles. The summed E-state index contributed by atoms with van der Waals surface area (Å²) in [6, 6.07) is 0. The van der Waals surface area contributed by atoms with E-state index in [1.165, 1.54) is 6.20 Å². The van der Waals surface area contributed by atoms with Gasteiger partial charge in [0.2, 0.25) is 5.76 Å². The molecule has 0 bridgehead atoms. The highest BCUT2D eigenvalue weighted by Gasteiger charge is 2.15. The molecule has 0 fully saturated rings. The van der Waals surface area contributed by atoms with Gasteiger partial charge in [0.05, 0.1) is 6.20 Å². The lowest BCUT2D eigenvalue weighted by Gasteiger charge is -2.00. The first-order valence-electron chi connectivity index (χ1n) is 2.48. The summed E-state index contributed by atoms with van der Waals surface area (Å²) in [6.07, 6.45) is 1.45. The molecule has 0 aliphatic carbocycles. The summed E-state index contributed by atoms with van der Waals surface area (Å²) in [4.78, 5) is 11.8. The molecule has 1 rings (SSSR count). The molecule has 1 heterocycles. The highest BCUT2D eigenvalue weighted by Crippen LogP contribution is 2.07. The first-order valence-corrected chi connectivity index (χ1v) is 2.48. The molecule has 50 valence electrons. The number of carbonyl (C=O) groups is 1.